The number of nitrogens with zero attached hydrogens (tertiary/aromatic N) is 3. The lowest BCUT2D eigenvalue weighted by molar-refractivity contribution is -0.154. The van der Waals surface area contributed by atoms with Crippen LogP contribution >= 0.6 is 0 Å². The summed E-state index contributed by atoms with van der Waals surface area (Å²) >= 11 is 0. The lowest BCUT2D eigenvalue weighted by Crippen LogP contribution is -2.44. The highest BCUT2D eigenvalue weighted by Crippen LogP contribution is 2.30. The molecule has 1 aliphatic heterocycles. The van der Waals surface area contributed by atoms with Crippen LogP contribution in [0.5, 0.6) is 11.6 Å². The molecule has 2 N–H and O–H groups in total. The van der Waals surface area contributed by atoms with Crippen LogP contribution < -0.4 is 25.0 Å². The van der Waals surface area contributed by atoms with Gasteiger partial charge in [-0.15, -0.1) is 0 Å². The van der Waals surface area contributed by atoms with Gasteiger partial charge in [-0.1, -0.05) is 12.1 Å². The minimum absolute atomic E-state index is 0.0668. The van der Waals surface area contributed by atoms with Gasteiger partial charge in [0, 0.05) is 45.0 Å². The number of guanidine groups is 1. The molecule has 1 fully saturated rings. The monoisotopic (exact) mass is 437 g/mol. The molecule has 0 bridgehead atoms. The Labute approximate surface area is 179 Å². The molecule has 1 unspecified atom stereocenters. The first-order chi connectivity index (χ1) is 14.9. The first kappa shape index (κ1) is 22.5. The van der Waals surface area contributed by atoms with Crippen molar-refractivity contribution in [3.63, 3.8) is 0 Å². The number of ether oxygens (including phenoxy) is 2. The largest absolute Gasteiger partial charge is 0.495 e. The van der Waals surface area contributed by atoms with Crippen LogP contribution in [-0.2, 0) is 6.54 Å². The van der Waals surface area contributed by atoms with Crippen LogP contribution in [0, 0.1) is 0 Å². The van der Waals surface area contributed by atoms with E-state index in [2.05, 4.69) is 25.5 Å². The van der Waals surface area contributed by atoms with E-state index in [1.807, 2.05) is 24.3 Å². The number of para-hydroxylation sites is 2. The molecule has 7 nitrogen and oxygen atoms in total. The van der Waals surface area contributed by atoms with Crippen molar-refractivity contribution in [3.8, 4) is 11.6 Å². The smallest absolute Gasteiger partial charge is 0.422 e. The number of hydrogen-bond donors (Lipinski definition) is 2. The van der Waals surface area contributed by atoms with E-state index in [-0.39, 0.29) is 11.9 Å². The van der Waals surface area contributed by atoms with Crippen molar-refractivity contribution >= 4 is 11.6 Å². The summed E-state index contributed by atoms with van der Waals surface area (Å²) in [4.78, 5) is 10.3. The standard InChI is InChI=1S/C21H26F3N5O2/c1-25-20(27-12-15-7-9-26-19(11-15)31-14-21(22,23)24)28-16-8-10-29(13-16)17-5-3-4-6-18(17)30-2/h3-7,9,11,16H,8,10,12-14H2,1-2H3,(H2,25,27,28). The Morgan fingerprint density at radius 1 is 1.29 bits per heavy atom. The van der Waals surface area contributed by atoms with E-state index in [1.54, 1.807) is 20.2 Å². The highest BCUT2D eigenvalue weighted by atomic mass is 19.4. The first-order valence-corrected chi connectivity index (χ1v) is 9.87. The van der Waals surface area contributed by atoms with E-state index >= 15 is 0 Å². The molecule has 0 saturated carbocycles. The number of methoxy groups -OCH3 is 1. The first-order valence-electron chi connectivity index (χ1n) is 9.87. The maximum Gasteiger partial charge on any atom is 0.422 e. The van der Waals surface area contributed by atoms with Crippen LogP contribution in [0.1, 0.15) is 12.0 Å². The number of aromatic nitrogens is 1. The molecule has 1 aromatic carbocycles. The second-order valence-electron chi connectivity index (χ2n) is 7.08. The molecular weight excluding hydrogens is 411 g/mol. The van der Waals surface area contributed by atoms with Crippen LogP contribution in [0.2, 0.25) is 0 Å². The van der Waals surface area contributed by atoms with Gasteiger partial charge in [0.25, 0.3) is 0 Å². The summed E-state index contributed by atoms with van der Waals surface area (Å²) in [7, 11) is 3.34. The highest BCUT2D eigenvalue weighted by Gasteiger charge is 2.28. The Kier molecular flexibility index (Phi) is 7.43. The minimum atomic E-state index is -4.40. The number of nitrogens with one attached hydrogen (secondary N) is 2. The van der Waals surface area contributed by atoms with Crippen molar-refractivity contribution in [2.24, 2.45) is 4.99 Å². The third-order valence-electron chi connectivity index (χ3n) is 4.82. The Balaban J connectivity index is 1.51. The number of halogens is 3. The number of pyridine rings is 1. The second kappa shape index (κ2) is 10.2. The van der Waals surface area contributed by atoms with Gasteiger partial charge in [-0.25, -0.2) is 4.98 Å². The van der Waals surface area contributed by atoms with Gasteiger partial charge in [-0.2, -0.15) is 13.2 Å². The number of benzene rings is 1. The SMILES string of the molecule is CN=C(NCc1ccnc(OCC(F)(F)F)c1)NC1CCN(c2ccccc2OC)C1. The summed E-state index contributed by atoms with van der Waals surface area (Å²) in [5, 5.41) is 6.57. The molecule has 31 heavy (non-hydrogen) atoms. The maximum atomic E-state index is 12.3. The van der Waals surface area contributed by atoms with Gasteiger partial charge in [0.15, 0.2) is 12.6 Å². The van der Waals surface area contributed by atoms with Gasteiger partial charge < -0.3 is 25.0 Å². The minimum Gasteiger partial charge on any atom is -0.495 e. The fourth-order valence-electron chi connectivity index (χ4n) is 3.36. The number of aliphatic imine (C=N–C) groups is 1. The van der Waals surface area contributed by atoms with Gasteiger partial charge in [0.05, 0.1) is 12.8 Å². The van der Waals surface area contributed by atoms with Crippen LogP contribution in [0.4, 0.5) is 18.9 Å². The van der Waals surface area contributed by atoms with Gasteiger partial charge in [0.2, 0.25) is 5.88 Å². The molecule has 2 heterocycles. The molecule has 3 rings (SSSR count). The summed E-state index contributed by atoms with van der Waals surface area (Å²) in [5.41, 5.74) is 1.79. The molecule has 10 heteroatoms. The van der Waals surface area contributed by atoms with E-state index in [1.165, 1.54) is 12.3 Å². The summed E-state index contributed by atoms with van der Waals surface area (Å²) < 4.78 is 47.1. The van der Waals surface area contributed by atoms with Gasteiger partial charge >= 0.3 is 6.18 Å². The molecule has 168 valence electrons. The third kappa shape index (κ3) is 6.66. The lowest BCUT2D eigenvalue weighted by atomic mass is 10.2. The summed E-state index contributed by atoms with van der Waals surface area (Å²) in [6.45, 7) is 0.684. The summed E-state index contributed by atoms with van der Waals surface area (Å²) in [6, 6.07) is 11.3. The zero-order valence-corrected chi connectivity index (χ0v) is 17.4. The van der Waals surface area contributed by atoms with E-state index < -0.39 is 12.8 Å². The van der Waals surface area contributed by atoms with Crippen LogP contribution in [0.15, 0.2) is 47.6 Å². The molecule has 1 aliphatic rings. The van der Waals surface area contributed by atoms with E-state index in [0.29, 0.717) is 12.5 Å². The molecule has 1 aromatic heterocycles. The molecule has 0 spiro atoms. The maximum absolute atomic E-state index is 12.3. The highest BCUT2D eigenvalue weighted by molar-refractivity contribution is 5.80. The molecule has 0 aliphatic carbocycles. The molecule has 2 aromatic rings. The number of hydrogen-bond acceptors (Lipinski definition) is 5. The van der Waals surface area contributed by atoms with Gasteiger partial charge in [-0.3, -0.25) is 4.99 Å². The quantitative estimate of drug-likeness (QED) is 0.513. The summed E-state index contributed by atoms with van der Waals surface area (Å²) in [5.74, 6) is 1.39. The number of rotatable bonds is 7. The predicted octanol–water partition coefficient (Wildman–Crippen LogP) is 2.98. The predicted molar refractivity (Wildman–Crippen MR) is 113 cm³/mol. The van der Waals surface area contributed by atoms with Gasteiger partial charge in [-0.05, 0) is 30.2 Å². The van der Waals surface area contributed by atoms with Crippen molar-refractivity contribution < 1.29 is 22.6 Å². The molecule has 1 saturated heterocycles. The van der Waals surface area contributed by atoms with Crippen molar-refractivity contribution in [3.05, 3.63) is 48.2 Å². The van der Waals surface area contributed by atoms with Crippen LogP contribution in [-0.4, -0.2) is 57.0 Å². The molecule has 0 radical (unpaired) electrons. The average molecular weight is 437 g/mol. The van der Waals surface area contributed by atoms with E-state index in [9.17, 15) is 13.2 Å². The fourth-order valence-corrected chi connectivity index (χ4v) is 3.36. The van der Waals surface area contributed by atoms with Gasteiger partial charge in [0.1, 0.15) is 5.75 Å². The topological polar surface area (TPSA) is 71.0 Å². The molecular formula is C21H26F3N5O2. The second-order valence-corrected chi connectivity index (χ2v) is 7.08. The normalized spacial score (nSPS) is 16.9. The Hall–Kier alpha value is -3.17. The Bertz CT molecular complexity index is 891. The zero-order chi connectivity index (χ0) is 22.3. The van der Waals surface area contributed by atoms with Crippen molar-refractivity contribution in [1.29, 1.82) is 0 Å². The zero-order valence-electron chi connectivity index (χ0n) is 17.4. The summed E-state index contributed by atoms with van der Waals surface area (Å²) in [6.07, 6.45) is -2.05. The lowest BCUT2D eigenvalue weighted by Gasteiger charge is -2.22. The van der Waals surface area contributed by atoms with Crippen LogP contribution in [0.3, 0.4) is 0 Å². The third-order valence-corrected chi connectivity index (χ3v) is 4.82. The molecule has 0 amide bonds. The van der Waals surface area contributed by atoms with E-state index in [0.717, 1.165) is 36.5 Å². The fraction of sp³-hybridized carbons (Fsp3) is 0.429. The van der Waals surface area contributed by atoms with Crippen molar-refractivity contribution in [2.75, 3.05) is 38.8 Å². The Morgan fingerprint density at radius 3 is 2.84 bits per heavy atom. The van der Waals surface area contributed by atoms with Crippen molar-refractivity contribution in [2.45, 2.75) is 25.2 Å². The van der Waals surface area contributed by atoms with Crippen LogP contribution in [0.25, 0.3) is 0 Å². The van der Waals surface area contributed by atoms with Crippen molar-refractivity contribution in [1.82, 2.24) is 15.6 Å². The number of anilines is 1. The number of alkyl halides is 3. The average Bonchev–Trinajstić information content (AvgIpc) is 3.23. The molecule has 1 atom stereocenters. The Morgan fingerprint density at radius 2 is 2.10 bits per heavy atom. The van der Waals surface area contributed by atoms with E-state index in [4.69, 9.17) is 9.47 Å².